The maximum atomic E-state index is 14.5. The summed E-state index contributed by atoms with van der Waals surface area (Å²) in [5.41, 5.74) is 2.34. The third-order valence-electron chi connectivity index (χ3n) is 7.30. The SMILES string of the molecule is Cc1ccc(S(=O)(=O)N(CC(=O)N(Cc2ccc(F)cc2)C(Cc2ccccc2)C(=O)NCC(C)C)c2ccc(Cl)c(Cl)c2)cc1. The number of carbonyl (C=O) groups excluding carboxylic acids is 2. The molecule has 0 spiro atoms. The number of hydrogen-bond acceptors (Lipinski definition) is 4. The average molecular weight is 685 g/mol. The molecule has 2 amide bonds. The van der Waals surface area contributed by atoms with Crippen LogP contribution in [0.5, 0.6) is 0 Å². The highest BCUT2D eigenvalue weighted by molar-refractivity contribution is 7.92. The molecule has 4 aromatic rings. The van der Waals surface area contributed by atoms with Crippen molar-refractivity contribution in [3.8, 4) is 0 Å². The van der Waals surface area contributed by atoms with Gasteiger partial charge in [0.15, 0.2) is 0 Å². The van der Waals surface area contributed by atoms with Gasteiger partial charge in [0.2, 0.25) is 11.8 Å². The summed E-state index contributed by atoms with van der Waals surface area (Å²) in [5, 5.41) is 3.26. The Morgan fingerprint density at radius 2 is 1.50 bits per heavy atom. The molecule has 11 heteroatoms. The zero-order valence-electron chi connectivity index (χ0n) is 25.8. The number of rotatable bonds is 13. The maximum absolute atomic E-state index is 14.5. The van der Waals surface area contributed by atoms with Gasteiger partial charge in [-0.25, -0.2) is 12.8 Å². The van der Waals surface area contributed by atoms with Gasteiger partial charge in [-0.3, -0.25) is 13.9 Å². The van der Waals surface area contributed by atoms with E-state index in [4.69, 9.17) is 23.2 Å². The summed E-state index contributed by atoms with van der Waals surface area (Å²) in [6.45, 7) is 5.39. The van der Waals surface area contributed by atoms with E-state index in [1.807, 2.05) is 51.1 Å². The van der Waals surface area contributed by atoms with E-state index in [1.165, 1.54) is 59.5 Å². The van der Waals surface area contributed by atoms with Gasteiger partial charge in [-0.2, -0.15) is 0 Å². The van der Waals surface area contributed by atoms with E-state index < -0.39 is 40.2 Å². The predicted molar refractivity (Wildman–Crippen MR) is 181 cm³/mol. The Bertz CT molecular complexity index is 1750. The van der Waals surface area contributed by atoms with Crippen LogP contribution in [-0.2, 0) is 32.6 Å². The van der Waals surface area contributed by atoms with Gasteiger partial charge in [-0.15, -0.1) is 0 Å². The first-order valence-corrected chi connectivity index (χ1v) is 16.9. The molecule has 46 heavy (non-hydrogen) atoms. The van der Waals surface area contributed by atoms with Gasteiger partial charge in [-0.1, -0.05) is 97.2 Å². The molecule has 1 atom stereocenters. The van der Waals surface area contributed by atoms with Crippen molar-refractivity contribution in [3.63, 3.8) is 0 Å². The molecule has 242 valence electrons. The molecular weight excluding hydrogens is 648 g/mol. The number of amides is 2. The van der Waals surface area contributed by atoms with E-state index in [0.29, 0.717) is 12.1 Å². The van der Waals surface area contributed by atoms with E-state index in [9.17, 15) is 22.4 Å². The number of halogens is 3. The Labute approximate surface area is 280 Å². The number of sulfonamides is 1. The fourth-order valence-corrected chi connectivity index (χ4v) is 6.47. The molecule has 0 aliphatic heterocycles. The molecule has 0 radical (unpaired) electrons. The molecule has 4 aromatic carbocycles. The van der Waals surface area contributed by atoms with Gasteiger partial charge in [-0.05, 0) is 66.4 Å². The van der Waals surface area contributed by atoms with Crippen LogP contribution in [-0.4, -0.2) is 44.3 Å². The molecule has 0 aromatic heterocycles. The van der Waals surface area contributed by atoms with Crippen LogP contribution in [0.3, 0.4) is 0 Å². The molecule has 4 rings (SSSR count). The van der Waals surface area contributed by atoms with E-state index in [-0.39, 0.29) is 39.5 Å². The van der Waals surface area contributed by atoms with E-state index in [0.717, 1.165) is 15.4 Å². The minimum absolute atomic E-state index is 0.0300. The van der Waals surface area contributed by atoms with Gasteiger partial charge in [0.1, 0.15) is 18.4 Å². The summed E-state index contributed by atoms with van der Waals surface area (Å²) in [6.07, 6.45) is 0.162. The molecule has 1 unspecified atom stereocenters. The first-order valence-electron chi connectivity index (χ1n) is 14.7. The highest BCUT2D eigenvalue weighted by Crippen LogP contribution is 2.31. The second-order valence-corrected chi connectivity index (χ2v) is 14.1. The van der Waals surface area contributed by atoms with Crippen molar-refractivity contribution in [1.82, 2.24) is 10.2 Å². The zero-order chi connectivity index (χ0) is 33.4. The lowest BCUT2D eigenvalue weighted by atomic mass is 10.0. The third kappa shape index (κ3) is 9.09. The summed E-state index contributed by atoms with van der Waals surface area (Å²) >= 11 is 12.5. The number of anilines is 1. The van der Waals surface area contributed by atoms with Crippen LogP contribution >= 0.6 is 23.2 Å². The van der Waals surface area contributed by atoms with Crippen molar-refractivity contribution in [2.45, 2.75) is 44.7 Å². The lowest BCUT2D eigenvalue weighted by Gasteiger charge is -2.34. The molecule has 0 fully saturated rings. The van der Waals surface area contributed by atoms with E-state index in [1.54, 1.807) is 12.1 Å². The number of hydrogen-bond donors (Lipinski definition) is 1. The van der Waals surface area contributed by atoms with Gasteiger partial charge in [0, 0.05) is 19.5 Å². The van der Waals surface area contributed by atoms with Crippen molar-refractivity contribution in [2.24, 2.45) is 5.92 Å². The number of aryl methyl sites for hydroxylation is 1. The summed E-state index contributed by atoms with van der Waals surface area (Å²) in [5.74, 6) is -1.35. The quantitative estimate of drug-likeness (QED) is 0.164. The fraction of sp³-hybridized carbons (Fsp3) is 0.257. The first-order chi connectivity index (χ1) is 21.8. The van der Waals surface area contributed by atoms with E-state index in [2.05, 4.69) is 5.32 Å². The van der Waals surface area contributed by atoms with Crippen molar-refractivity contribution >= 4 is 50.7 Å². The van der Waals surface area contributed by atoms with Crippen LogP contribution in [0, 0.1) is 18.7 Å². The minimum Gasteiger partial charge on any atom is -0.354 e. The number of carbonyl (C=O) groups is 2. The lowest BCUT2D eigenvalue weighted by Crippen LogP contribution is -2.53. The predicted octanol–water partition coefficient (Wildman–Crippen LogP) is 7.05. The van der Waals surface area contributed by atoms with Crippen LogP contribution < -0.4 is 9.62 Å². The molecule has 0 saturated heterocycles. The van der Waals surface area contributed by atoms with Crippen molar-refractivity contribution in [1.29, 1.82) is 0 Å². The monoisotopic (exact) mass is 683 g/mol. The van der Waals surface area contributed by atoms with Gasteiger partial charge in [0.05, 0.1) is 20.6 Å². The van der Waals surface area contributed by atoms with Crippen LogP contribution in [0.4, 0.5) is 10.1 Å². The third-order valence-corrected chi connectivity index (χ3v) is 9.83. The Morgan fingerprint density at radius 1 is 0.848 bits per heavy atom. The Balaban J connectivity index is 1.81. The molecule has 0 heterocycles. The minimum atomic E-state index is -4.30. The second kappa shape index (κ2) is 15.6. The summed E-state index contributed by atoms with van der Waals surface area (Å²) in [4.78, 5) is 29.6. The molecule has 0 bridgehead atoms. The molecule has 1 N–H and O–H groups in total. The molecular formula is C35H36Cl2FN3O4S. The highest BCUT2D eigenvalue weighted by atomic mass is 35.5. The summed E-state index contributed by atoms with van der Waals surface area (Å²) in [6, 6.07) is 24.4. The smallest absolute Gasteiger partial charge is 0.264 e. The topological polar surface area (TPSA) is 86.8 Å². The van der Waals surface area contributed by atoms with Gasteiger partial charge < -0.3 is 10.2 Å². The first kappa shape index (κ1) is 34.9. The van der Waals surface area contributed by atoms with Crippen molar-refractivity contribution < 1.29 is 22.4 Å². The molecule has 0 aliphatic rings. The highest BCUT2D eigenvalue weighted by Gasteiger charge is 2.35. The summed E-state index contributed by atoms with van der Waals surface area (Å²) in [7, 11) is -4.30. The maximum Gasteiger partial charge on any atom is 0.264 e. The van der Waals surface area contributed by atoms with Crippen LogP contribution in [0.15, 0.2) is 102 Å². The standard InChI is InChI=1S/C35H36Cl2FN3O4S/c1-24(2)21-39-35(43)33(19-26-7-5-4-6-8-26)40(22-27-11-13-28(38)14-12-27)34(42)23-41(29-15-18-31(36)32(37)20-29)46(44,45)30-16-9-25(3)10-17-30/h4-18,20,24,33H,19,21-23H2,1-3H3,(H,39,43). The normalized spacial score (nSPS) is 12.1. The lowest BCUT2D eigenvalue weighted by molar-refractivity contribution is -0.140. The fourth-order valence-electron chi connectivity index (χ4n) is 4.77. The van der Waals surface area contributed by atoms with Crippen molar-refractivity contribution in [2.75, 3.05) is 17.4 Å². The second-order valence-electron chi connectivity index (χ2n) is 11.4. The van der Waals surface area contributed by atoms with E-state index >= 15 is 0 Å². The average Bonchev–Trinajstić information content (AvgIpc) is 3.03. The van der Waals surface area contributed by atoms with Gasteiger partial charge >= 0.3 is 0 Å². The molecule has 7 nitrogen and oxygen atoms in total. The number of nitrogens with one attached hydrogen (secondary N) is 1. The molecule has 0 saturated carbocycles. The Hall–Kier alpha value is -3.92. The largest absolute Gasteiger partial charge is 0.354 e. The van der Waals surface area contributed by atoms with Crippen LogP contribution in [0.25, 0.3) is 0 Å². The zero-order valence-corrected chi connectivity index (χ0v) is 28.1. The summed E-state index contributed by atoms with van der Waals surface area (Å²) < 4.78 is 43.0. The molecule has 0 aliphatic carbocycles. The van der Waals surface area contributed by atoms with Crippen LogP contribution in [0.2, 0.25) is 10.0 Å². The van der Waals surface area contributed by atoms with Crippen LogP contribution in [0.1, 0.15) is 30.5 Å². The Kier molecular flexibility index (Phi) is 11.8. The number of benzene rings is 4. The Morgan fingerprint density at radius 3 is 2.11 bits per heavy atom. The number of nitrogens with zero attached hydrogens (tertiary/aromatic N) is 2. The van der Waals surface area contributed by atoms with Gasteiger partial charge in [0.25, 0.3) is 10.0 Å². The van der Waals surface area contributed by atoms with Crippen molar-refractivity contribution in [3.05, 3.63) is 130 Å².